The molecule has 1 atom stereocenters. The van der Waals surface area contributed by atoms with Crippen LogP contribution in [0.1, 0.15) is 17.7 Å². The SMILES string of the molecule is O=c1nc(CCc2cccc(F)c2)cc2n1C[C@H]1CCOCN21. The Hall–Kier alpha value is -2.21. The highest BCUT2D eigenvalue weighted by atomic mass is 19.1. The molecule has 23 heavy (non-hydrogen) atoms. The lowest BCUT2D eigenvalue weighted by Gasteiger charge is -2.30. The van der Waals surface area contributed by atoms with E-state index in [0.29, 0.717) is 32.2 Å². The van der Waals surface area contributed by atoms with Gasteiger partial charge in [0.05, 0.1) is 18.3 Å². The van der Waals surface area contributed by atoms with E-state index in [0.717, 1.165) is 30.1 Å². The summed E-state index contributed by atoms with van der Waals surface area (Å²) in [4.78, 5) is 18.6. The normalized spacial score (nSPS) is 19.5. The number of aromatic nitrogens is 2. The molecule has 0 aliphatic carbocycles. The van der Waals surface area contributed by atoms with Crippen molar-refractivity contribution in [3.63, 3.8) is 0 Å². The largest absolute Gasteiger partial charge is 0.361 e. The topological polar surface area (TPSA) is 47.4 Å². The average Bonchev–Trinajstić information content (AvgIpc) is 2.93. The minimum absolute atomic E-state index is 0.203. The molecule has 3 heterocycles. The lowest BCUT2D eigenvalue weighted by Crippen LogP contribution is -2.39. The molecule has 0 unspecified atom stereocenters. The number of aryl methyl sites for hydroxylation is 2. The zero-order chi connectivity index (χ0) is 15.8. The van der Waals surface area contributed by atoms with Crippen LogP contribution in [-0.2, 0) is 24.1 Å². The third kappa shape index (κ3) is 2.74. The Labute approximate surface area is 133 Å². The zero-order valence-corrected chi connectivity index (χ0v) is 12.7. The van der Waals surface area contributed by atoms with E-state index in [2.05, 4.69) is 9.88 Å². The second-order valence-electron chi connectivity index (χ2n) is 6.08. The summed E-state index contributed by atoms with van der Waals surface area (Å²) < 4.78 is 20.5. The van der Waals surface area contributed by atoms with Gasteiger partial charge in [-0.25, -0.2) is 9.18 Å². The van der Waals surface area contributed by atoms with E-state index in [-0.39, 0.29) is 11.5 Å². The molecule has 0 bridgehead atoms. The Balaban J connectivity index is 1.57. The third-order valence-corrected chi connectivity index (χ3v) is 4.56. The van der Waals surface area contributed by atoms with Crippen LogP contribution < -0.4 is 10.6 Å². The standard InChI is InChI=1S/C17H18FN3O2/c18-13-3-1-2-12(8-13)4-5-14-9-16-20(17(22)19-14)10-15-6-7-23-11-21(15)16/h1-3,8-9,15H,4-7,10-11H2/t15-/m1/s1. The average molecular weight is 315 g/mol. The highest BCUT2D eigenvalue weighted by Gasteiger charge is 2.32. The smallest absolute Gasteiger partial charge is 0.349 e. The number of hydrogen-bond donors (Lipinski definition) is 0. The molecule has 1 aromatic heterocycles. The Morgan fingerprint density at radius 2 is 2.22 bits per heavy atom. The molecule has 6 heteroatoms. The summed E-state index contributed by atoms with van der Waals surface area (Å²) in [6, 6.07) is 8.84. The van der Waals surface area contributed by atoms with Crippen molar-refractivity contribution in [1.29, 1.82) is 0 Å². The van der Waals surface area contributed by atoms with Crippen molar-refractivity contribution in [3.8, 4) is 0 Å². The van der Waals surface area contributed by atoms with Gasteiger partial charge in [-0.2, -0.15) is 4.98 Å². The van der Waals surface area contributed by atoms with Crippen LogP contribution in [0.15, 0.2) is 35.1 Å². The van der Waals surface area contributed by atoms with E-state index in [1.807, 2.05) is 12.1 Å². The first-order chi connectivity index (χ1) is 11.2. The van der Waals surface area contributed by atoms with Gasteiger partial charge in [0.1, 0.15) is 18.4 Å². The van der Waals surface area contributed by atoms with Gasteiger partial charge in [-0.3, -0.25) is 4.57 Å². The van der Waals surface area contributed by atoms with Crippen LogP contribution in [0.5, 0.6) is 0 Å². The molecule has 2 aliphatic rings. The van der Waals surface area contributed by atoms with Crippen LogP contribution in [0.2, 0.25) is 0 Å². The molecule has 1 aromatic carbocycles. The zero-order valence-electron chi connectivity index (χ0n) is 12.7. The molecule has 1 saturated heterocycles. The first-order valence-electron chi connectivity index (χ1n) is 7.90. The number of rotatable bonds is 3. The number of ether oxygens (including phenoxy) is 1. The highest BCUT2D eigenvalue weighted by Crippen LogP contribution is 2.28. The van der Waals surface area contributed by atoms with Crippen molar-refractivity contribution >= 4 is 5.82 Å². The quantitative estimate of drug-likeness (QED) is 0.865. The summed E-state index contributed by atoms with van der Waals surface area (Å²) in [6.45, 7) is 1.95. The highest BCUT2D eigenvalue weighted by molar-refractivity contribution is 5.45. The van der Waals surface area contributed by atoms with Crippen molar-refractivity contribution in [3.05, 3.63) is 57.9 Å². The molecule has 2 aliphatic heterocycles. The van der Waals surface area contributed by atoms with Gasteiger partial charge in [0.2, 0.25) is 0 Å². The molecule has 1 fully saturated rings. The maximum Gasteiger partial charge on any atom is 0.349 e. The minimum atomic E-state index is -0.238. The summed E-state index contributed by atoms with van der Waals surface area (Å²) in [5, 5.41) is 0. The number of benzene rings is 1. The van der Waals surface area contributed by atoms with Gasteiger partial charge >= 0.3 is 5.69 Å². The summed E-state index contributed by atoms with van der Waals surface area (Å²) in [5.41, 5.74) is 1.45. The lowest BCUT2D eigenvalue weighted by atomic mass is 10.1. The van der Waals surface area contributed by atoms with Gasteiger partial charge in [0, 0.05) is 12.6 Å². The molecule has 2 aromatic rings. The molecule has 0 spiro atoms. The number of hydrogen-bond acceptors (Lipinski definition) is 4. The van der Waals surface area contributed by atoms with E-state index in [9.17, 15) is 9.18 Å². The van der Waals surface area contributed by atoms with E-state index in [1.54, 1.807) is 10.6 Å². The number of fused-ring (bicyclic) bond motifs is 3. The molecule has 120 valence electrons. The van der Waals surface area contributed by atoms with Gasteiger partial charge in [0.25, 0.3) is 0 Å². The molecule has 0 saturated carbocycles. The van der Waals surface area contributed by atoms with Crippen LogP contribution in [0.25, 0.3) is 0 Å². The van der Waals surface area contributed by atoms with E-state index >= 15 is 0 Å². The molecule has 0 radical (unpaired) electrons. The molecule has 4 rings (SSSR count). The fourth-order valence-corrected chi connectivity index (χ4v) is 3.34. The summed E-state index contributed by atoms with van der Waals surface area (Å²) in [6.07, 6.45) is 2.21. The minimum Gasteiger partial charge on any atom is -0.361 e. The summed E-state index contributed by atoms with van der Waals surface area (Å²) >= 11 is 0. The van der Waals surface area contributed by atoms with Crippen LogP contribution in [-0.4, -0.2) is 28.9 Å². The summed E-state index contributed by atoms with van der Waals surface area (Å²) in [7, 11) is 0. The van der Waals surface area contributed by atoms with Crippen LogP contribution in [0, 0.1) is 5.82 Å². The predicted molar refractivity (Wildman–Crippen MR) is 84.0 cm³/mol. The second kappa shape index (κ2) is 5.77. The first kappa shape index (κ1) is 14.4. The van der Waals surface area contributed by atoms with Gasteiger partial charge in [-0.15, -0.1) is 0 Å². The van der Waals surface area contributed by atoms with Crippen molar-refractivity contribution < 1.29 is 9.13 Å². The predicted octanol–water partition coefficient (Wildman–Crippen LogP) is 1.73. The summed E-state index contributed by atoms with van der Waals surface area (Å²) in [5.74, 6) is 0.654. The Kier molecular flexibility index (Phi) is 3.61. The van der Waals surface area contributed by atoms with Gasteiger partial charge < -0.3 is 9.64 Å². The van der Waals surface area contributed by atoms with Crippen molar-refractivity contribution in [2.75, 3.05) is 18.2 Å². The third-order valence-electron chi connectivity index (χ3n) is 4.56. The lowest BCUT2D eigenvalue weighted by molar-refractivity contribution is 0.0904. The number of anilines is 1. The second-order valence-corrected chi connectivity index (χ2v) is 6.08. The van der Waals surface area contributed by atoms with E-state index in [1.165, 1.54) is 12.1 Å². The monoisotopic (exact) mass is 315 g/mol. The number of halogens is 1. The Morgan fingerprint density at radius 1 is 1.30 bits per heavy atom. The van der Waals surface area contributed by atoms with E-state index < -0.39 is 0 Å². The van der Waals surface area contributed by atoms with Crippen LogP contribution in [0.3, 0.4) is 0 Å². The maximum atomic E-state index is 13.2. The fraction of sp³-hybridized carbons (Fsp3) is 0.412. The number of nitrogens with zero attached hydrogens (tertiary/aromatic N) is 3. The van der Waals surface area contributed by atoms with Crippen LogP contribution >= 0.6 is 0 Å². The fourth-order valence-electron chi connectivity index (χ4n) is 3.34. The molecular weight excluding hydrogens is 297 g/mol. The first-order valence-corrected chi connectivity index (χ1v) is 7.90. The van der Waals surface area contributed by atoms with Gasteiger partial charge in [-0.05, 0) is 37.0 Å². The molecule has 5 nitrogen and oxygen atoms in total. The van der Waals surface area contributed by atoms with E-state index in [4.69, 9.17) is 4.74 Å². The molecular formula is C17H18FN3O2. The Morgan fingerprint density at radius 3 is 3.09 bits per heavy atom. The van der Waals surface area contributed by atoms with Gasteiger partial charge in [0.15, 0.2) is 0 Å². The van der Waals surface area contributed by atoms with Crippen molar-refractivity contribution in [2.45, 2.75) is 31.8 Å². The molecule has 0 amide bonds. The molecule has 0 N–H and O–H groups in total. The Bertz CT molecular complexity index is 790. The van der Waals surface area contributed by atoms with Gasteiger partial charge in [-0.1, -0.05) is 12.1 Å². The van der Waals surface area contributed by atoms with Crippen LogP contribution in [0.4, 0.5) is 10.2 Å². The van der Waals surface area contributed by atoms with Crippen molar-refractivity contribution in [1.82, 2.24) is 9.55 Å². The maximum absolute atomic E-state index is 13.2. The van der Waals surface area contributed by atoms with Crippen molar-refractivity contribution in [2.24, 2.45) is 0 Å².